The van der Waals surface area contributed by atoms with E-state index in [1.54, 1.807) is 6.92 Å². The maximum absolute atomic E-state index is 10.9. The number of carbonyl (C=O) groups excluding carboxylic acids is 1. The molecule has 1 fully saturated rings. The Bertz CT molecular complexity index is 208. The summed E-state index contributed by atoms with van der Waals surface area (Å²) in [5, 5.41) is 7.95. The number of rotatable bonds is 0. The van der Waals surface area contributed by atoms with E-state index in [1.165, 1.54) is 0 Å². The van der Waals surface area contributed by atoms with Gasteiger partial charge in [0.15, 0.2) is 5.66 Å². The molecule has 0 aromatic heterocycles. The number of nitrogens with zero attached hydrogens (tertiary/aromatic N) is 3. The van der Waals surface area contributed by atoms with Crippen molar-refractivity contribution in [2.45, 2.75) is 25.4 Å². The molecule has 1 spiro atoms. The van der Waals surface area contributed by atoms with E-state index < -0.39 is 0 Å². The molecule has 0 aliphatic carbocycles. The Kier molecular flexibility index (Phi) is 1.25. The first-order valence-corrected chi connectivity index (χ1v) is 3.91. The Morgan fingerprint density at radius 2 is 1.91 bits per heavy atom. The normalized spacial score (nSPS) is 25.7. The van der Waals surface area contributed by atoms with Gasteiger partial charge in [-0.05, 0) is 0 Å². The summed E-state index contributed by atoms with van der Waals surface area (Å²) in [5.41, 5.74) is -0.0497. The van der Waals surface area contributed by atoms with Gasteiger partial charge in [0.2, 0.25) is 5.91 Å². The van der Waals surface area contributed by atoms with Crippen molar-refractivity contribution < 1.29 is 4.79 Å². The van der Waals surface area contributed by atoms with Gasteiger partial charge in [0.05, 0.1) is 0 Å². The van der Waals surface area contributed by atoms with Crippen LogP contribution >= 0.6 is 0 Å². The molecule has 0 saturated carbocycles. The van der Waals surface area contributed by atoms with Crippen LogP contribution in [0, 0.1) is 0 Å². The number of likely N-dealkylation sites (tertiary alicyclic amines) is 1. The van der Waals surface area contributed by atoms with Crippen molar-refractivity contribution in [1.82, 2.24) is 4.90 Å². The molecule has 11 heavy (non-hydrogen) atoms. The molecule has 0 N–H and O–H groups in total. The highest BCUT2D eigenvalue weighted by Gasteiger charge is 2.43. The van der Waals surface area contributed by atoms with Crippen molar-refractivity contribution in [2.75, 3.05) is 13.1 Å². The lowest BCUT2D eigenvalue weighted by Crippen LogP contribution is -2.40. The molecule has 1 saturated heterocycles. The van der Waals surface area contributed by atoms with Gasteiger partial charge in [0.1, 0.15) is 0 Å². The fourth-order valence-corrected chi connectivity index (χ4v) is 1.45. The number of carbonyl (C=O) groups is 1. The summed E-state index contributed by atoms with van der Waals surface area (Å²) in [6.07, 6.45) is 1.85. The lowest BCUT2D eigenvalue weighted by Gasteiger charge is -2.28. The topological polar surface area (TPSA) is 45.0 Å². The Balaban J connectivity index is 1.89. The Labute approximate surface area is 65.3 Å². The van der Waals surface area contributed by atoms with E-state index in [-0.39, 0.29) is 11.6 Å². The van der Waals surface area contributed by atoms with Crippen LogP contribution in [0.2, 0.25) is 0 Å². The highest BCUT2D eigenvalue weighted by molar-refractivity contribution is 5.73. The van der Waals surface area contributed by atoms with Crippen LogP contribution in [0.1, 0.15) is 19.8 Å². The van der Waals surface area contributed by atoms with E-state index in [1.807, 2.05) is 4.90 Å². The second-order valence-corrected chi connectivity index (χ2v) is 3.19. The van der Waals surface area contributed by atoms with Crippen LogP contribution in [-0.2, 0) is 4.79 Å². The fourth-order valence-electron chi connectivity index (χ4n) is 1.45. The predicted molar refractivity (Wildman–Crippen MR) is 39.1 cm³/mol. The number of hydrogen-bond donors (Lipinski definition) is 0. The van der Waals surface area contributed by atoms with Crippen molar-refractivity contribution in [2.24, 2.45) is 10.2 Å². The molecule has 0 bridgehead atoms. The van der Waals surface area contributed by atoms with E-state index in [0.29, 0.717) is 0 Å². The highest BCUT2D eigenvalue weighted by atomic mass is 16.2. The zero-order valence-electron chi connectivity index (χ0n) is 6.58. The fraction of sp³-hybridized carbons (Fsp3) is 0.857. The minimum Gasteiger partial charge on any atom is -0.343 e. The summed E-state index contributed by atoms with van der Waals surface area (Å²) in [7, 11) is 0. The summed E-state index contributed by atoms with van der Waals surface area (Å²) >= 11 is 0. The lowest BCUT2D eigenvalue weighted by atomic mass is 10.0. The van der Waals surface area contributed by atoms with Gasteiger partial charge in [0.25, 0.3) is 0 Å². The molecule has 2 aliphatic rings. The minimum absolute atomic E-state index is 0.0497. The summed E-state index contributed by atoms with van der Waals surface area (Å²) in [6, 6.07) is 0. The van der Waals surface area contributed by atoms with Crippen molar-refractivity contribution >= 4 is 5.91 Å². The monoisotopic (exact) mass is 153 g/mol. The van der Waals surface area contributed by atoms with Crippen molar-refractivity contribution in [1.29, 1.82) is 0 Å². The molecular weight excluding hydrogens is 142 g/mol. The third-order valence-electron chi connectivity index (χ3n) is 2.39. The number of amides is 1. The second kappa shape index (κ2) is 2.03. The molecular formula is C7H11N3O. The molecule has 4 heteroatoms. The van der Waals surface area contributed by atoms with Crippen LogP contribution in [0.5, 0.6) is 0 Å². The third-order valence-corrected chi connectivity index (χ3v) is 2.39. The molecule has 0 radical (unpaired) electrons. The van der Waals surface area contributed by atoms with Gasteiger partial charge in [-0.2, -0.15) is 10.2 Å². The predicted octanol–water partition coefficient (Wildman–Crippen LogP) is 0.791. The zero-order valence-corrected chi connectivity index (χ0v) is 6.58. The van der Waals surface area contributed by atoms with Gasteiger partial charge >= 0.3 is 0 Å². The lowest BCUT2D eigenvalue weighted by molar-refractivity contribution is -0.130. The van der Waals surface area contributed by atoms with E-state index >= 15 is 0 Å². The van der Waals surface area contributed by atoms with Crippen molar-refractivity contribution in [3.05, 3.63) is 0 Å². The van der Waals surface area contributed by atoms with Gasteiger partial charge in [0, 0.05) is 32.9 Å². The van der Waals surface area contributed by atoms with Crippen LogP contribution in [-0.4, -0.2) is 29.6 Å². The van der Waals surface area contributed by atoms with Gasteiger partial charge in [-0.15, -0.1) is 0 Å². The average Bonchev–Trinajstić information content (AvgIpc) is 2.70. The number of piperidine rings is 1. The summed E-state index contributed by atoms with van der Waals surface area (Å²) in [6.45, 7) is 3.25. The smallest absolute Gasteiger partial charge is 0.219 e. The molecule has 60 valence electrons. The second-order valence-electron chi connectivity index (χ2n) is 3.19. The molecule has 0 unspecified atom stereocenters. The van der Waals surface area contributed by atoms with Gasteiger partial charge in [-0.1, -0.05) is 0 Å². The molecule has 0 atom stereocenters. The Morgan fingerprint density at radius 3 is 2.27 bits per heavy atom. The third kappa shape index (κ3) is 1.13. The summed E-state index contributed by atoms with van der Waals surface area (Å²) in [4.78, 5) is 12.8. The molecule has 4 nitrogen and oxygen atoms in total. The van der Waals surface area contributed by atoms with Crippen LogP contribution < -0.4 is 0 Å². The zero-order chi connectivity index (χ0) is 7.90. The van der Waals surface area contributed by atoms with Crippen LogP contribution in [0.15, 0.2) is 10.2 Å². The van der Waals surface area contributed by atoms with E-state index in [2.05, 4.69) is 10.2 Å². The van der Waals surface area contributed by atoms with E-state index in [9.17, 15) is 4.79 Å². The summed E-state index contributed by atoms with van der Waals surface area (Å²) < 4.78 is 0. The van der Waals surface area contributed by atoms with Crippen LogP contribution in [0.3, 0.4) is 0 Å². The van der Waals surface area contributed by atoms with Gasteiger partial charge in [-0.3, -0.25) is 4.79 Å². The van der Waals surface area contributed by atoms with Gasteiger partial charge < -0.3 is 4.90 Å². The quantitative estimate of drug-likeness (QED) is 0.507. The van der Waals surface area contributed by atoms with Gasteiger partial charge in [-0.25, -0.2) is 0 Å². The van der Waals surface area contributed by atoms with Crippen LogP contribution in [0.4, 0.5) is 0 Å². The minimum atomic E-state index is -0.0497. The first kappa shape index (κ1) is 6.76. The first-order valence-electron chi connectivity index (χ1n) is 3.91. The highest BCUT2D eigenvalue weighted by Crippen LogP contribution is 2.38. The summed E-state index contributed by atoms with van der Waals surface area (Å²) in [5.74, 6) is 0.167. The van der Waals surface area contributed by atoms with E-state index in [4.69, 9.17) is 0 Å². The average molecular weight is 153 g/mol. The molecule has 1 amide bonds. The molecule has 2 aliphatic heterocycles. The number of hydrogen-bond acceptors (Lipinski definition) is 3. The molecule has 0 aromatic rings. The first-order chi connectivity index (χ1) is 5.22. The van der Waals surface area contributed by atoms with Crippen LogP contribution in [0.25, 0.3) is 0 Å². The largest absolute Gasteiger partial charge is 0.343 e. The molecule has 0 aromatic carbocycles. The van der Waals surface area contributed by atoms with Crippen molar-refractivity contribution in [3.63, 3.8) is 0 Å². The maximum atomic E-state index is 10.9. The van der Waals surface area contributed by atoms with Crippen molar-refractivity contribution in [3.8, 4) is 0 Å². The molecule has 2 heterocycles. The SMILES string of the molecule is CC(=O)N1CCC2(CC1)N=N2. The Hall–Kier alpha value is -0.930. The van der Waals surface area contributed by atoms with E-state index in [0.717, 1.165) is 25.9 Å². The maximum Gasteiger partial charge on any atom is 0.219 e. The molecule has 2 rings (SSSR count). The Morgan fingerprint density at radius 1 is 1.36 bits per heavy atom. The standard InChI is InChI=1S/C7H11N3O/c1-6(11)10-4-2-7(3-5-10)8-9-7/h2-5H2,1H3.